The predicted octanol–water partition coefficient (Wildman–Crippen LogP) is 2.54. The Kier molecular flexibility index (Phi) is 4.32. The van der Waals surface area contributed by atoms with Crippen molar-refractivity contribution < 1.29 is 4.74 Å². The molecule has 0 spiro atoms. The zero-order valence-corrected chi connectivity index (χ0v) is 10.8. The Labute approximate surface area is 101 Å². The van der Waals surface area contributed by atoms with E-state index in [1.54, 1.807) is 11.3 Å². The van der Waals surface area contributed by atoms with Gasteiger partial charge in [0, 0.05) is 37.1 Å². The highest BCUT2D eigenvalue weighted by atomic mass is 32.1. The molecule has 1 aliphatic heterocycles. The van der Waals surface area contributed by atoms with Crippen LogP contribution in [0.2, 0.25) is 0 Å². The molecule has 0 amide bonds. The third-order valence-corrected chi connectivity index (χ3v) is 3.89. The van der Waals surface area contributed by atoms with Crippen molar-refractivity contribution in [2.24, 2.45) is 0 Å². The molecule has 0 atom stereocenters. The Morgan fingerprint density at radius 1 is 1.50 bits per heavy atom. The van der Waals surface area contributed by atoms with Crippen LogP contribution in [0, 0.1) is 0 Å². The fraction of sp³-hybridized carbons (Fsp3) is 0.750. The summed E-state index contributed by atoms with van der Waals surface area (Å²) >= 11 is 1.80. The fourth-order valence-corrected chi connectivity index (χ4v) is 2.84. The molecule has 3 nitrogen and oxygen atoms in total. The van der Waals surface area contributed by atoms with Gasteiger partial charge in [0.2, 0.25) is 0 Å². The molecule has 0 saturated carbocycles. The zero-order valence-electron chi connectivity index (χ0n) is 10.0. The van der Waals surface area contributed by atoms with Gasteiger partial charge in [0.15, 0.2) is 0 Å². The van der Waals surface area contributed by atoms with Crippen LogP contribution in [0.15, 0.2) is 5.38 Å². The Balaban J connectivity index is 1.90. The third-order valence-electron chi connectivity index (χ3n) is 2.83. The van der Waals surface area contributed by atoms with Gasteiger partial charge in [-0.25, -0.2) is 4.98 Å². The smallest absolute Gasteiger partial charge is 0.0961 e. The monoisotopic (exact) mass is 240 g/mol. The van der Waals surface area contributed by atoms with Crippen molar-refractivity contribution in [2.45, 2.75) is 45.2 Å². The summed E-state index contributed by atoms with van der Waals surface area (Å²) in [5, 5.41) is 6.87. The molecule has 2 rings (SSSR count). The summed E-state index contributed by atoms with van der Waals surface area (Å²) in [7, 11) is 0. The maximum Gasteiger partial charge on any atom is 0.0961 e. The van der Waals surface area contributed by atoms with E-state index < -0.39 is 0 Å². The second kappa shape index (κ2) is 5.75. The standard InChI is InChI=1S/C12H20N2OS/c1-9(2)13-7-11-8-16-12(14-11)10-3-5-15-6-4-10/h8-10,13H,3-7H2,1-2H3. The topological polar surface area (TPSA) is 34.1 Å². The second-order valence-electron chi connectivity index (χ2n) is 4.60. The number of nitrogens with one attached hydrogen (secondary N) is 1. The first-order valence-electron chi connectivity index (χ1n) is 6.01. The SMILES string of the molecule is CC(C)NCc1csc(C2CCOCC2)n1. The Morgan fingerprint density at radius 2 is 2.25 bits per heavy atom. The zero-order chi connectivity index (χ0) is 11.4. The van der Waals surface area contributed by atoms with Crippen LogP contribution in [-0.4, -0.2) is 24.2 Å². The van der Waals surface area contributed by atoms with Crippen molar-refractivity contribution in [3.05, 3.63) is 16.1 Å². The van der Waals surface area contributed by atoms with E-state index in [0.717, 1.165) is 32.6 Å². The van der Waals surface area contributed by atoms with E-state index in [1.165, 1.54) is 10.7 Å². The molecule has 16 heavy (non-hydrogen) atoms. The minimum absolute atomic E-state index is 0.522. The summed E-state index contributed by atoms with van der Waals surface area (Å²) in [5.41, 5.74) is 1.18. The first-order valence-corrected chi connectivity index (χ1v) is 6.89. The van der Waals surface area contributed by atoms with Gasteiger partial charge in [0.1, 0.15) is 0 Å². The van der Waals surface area contributed by atoms with Crippen molar-refractivity contribution in [1.29, 1.82) is 0 Å². The first-order chi connectivity index (χ1) is 7.75. The Bertz CT molecular complexity index is 319. The molecule has 4 heteroatoms. The molecular formula is C12H20N2OS. The largest absolute Gasteiger partial charge is 0.381 e. The summed E-state index contributed by atoms with van der Waals surface area (Å²) in [6.45, 7) is 6.99. The lowest BCUT2D eigenvalue weighted by Gasteiger charge is -2.19. The molecule has 1 aromatic heterocycles. The quantitative estimate of drug-likeness (QED) is 0.878. The minimum Gasteiger partial charge on any atom is -0.381 e. The Hall–Kier alpha value is -0.450. The molecule has 0 unspecified atom stereocenters. The summed E-state index contributed by atoms with van der Waals surface area (Å²) in [6, 6.07) is 0.522. The summed E-state index contributed by atoms with van der Waals surface area (Å²) < 4.78 is 5.37. The average molecular weight is 240 g/mol. The fourth-order valence-electron chi connectivity index (χ4n) is 1.84. The highest BCUT2D eigenvalue weighted by Crippen LogP contribution is 2.29. The number of thiazole rings is 1. The van der Waals surface area contributed by atoms with Crippen molar-refractivity contribution in [3.63, 3.8) is 0 Å². The van der Waals surface area contributed by atoms with Gasteiger partial charge in [0.05, 0.1) is 10.7 Å². The predicted molar refractivity (Wildman–Crippen MR) is 66.9 cm³/mol. The van der Waals surface area contributed by atoms with E-state index >= 15 is 0 Å². The number of hydrogen-bond acceptors (Lipinski definition) is 4. The number of hydrogen-bond donors (Lipinski definition) is 1. The summed E-state index contributed by atoms with van der Waals surface area (Å²) in [5.74, 6) is 0.631. The lowest BCUT2D eigenvalue weighted by Crippen LogP contribution is -2.22. The maximum absolute atomic E-state index is 5.37. The number of rotatable bonds is 4. The molecule has 1 aliphatic rings. The molecule has 0 bridgehead atoms. The number of aromatic nitrogens is 1. The van der Waals surface area contributed by atoms with Crippen molar-refractivity contribution in [1.82, 2.24) is 10.3 Å². The normalized spacial score (nSPS) is 18.2. The van der Waals surface area contributed by atoms with Gasteiger partial charge in [-0.2, -0.15) is 0 Å². The minimum atomic E-state index is 0.522. The molecular weight excluding hydrogens is 220 g/mol. The molecule has 0 aliphatic carbocycles. The number of ether oxygens (including phenoxy) is 1. The van der Waals surface area contributed by atoms with E-state index in [0.29, 0.717) is 12.0 Å². The van der Waals surface area contributed by atoms with Crippen LogP contribution in [0.5, 0.6) is 0 Å². The number of nitrogens with zero attached hydrogens (tertiary/aromatic N) is 1. The van der Waals surface area contributed by atoms with Crippen LogP contribution >= 0.6 is 11.3 Å². The maximum atomic E-state index is 5.37. The van der Waals surface area contributed by atoms with Crippen LogP contribution < -0.4 is 5.32 Å². The van der Waals surface area contributed by atoms with Crippen LogP contribution in [-0.2, 0) is 11.3 Å². The van der Waals surface area contributed by atoms with Crippen LogP contribution in [0.1, 0.15) is 43.3 Å². The first kappa shape index (κ1) is 12.0. The van der Waals surface area contributed by atoms with Crippen molar-refractivity contribution >= 4 is 11.3 Å². The van der Waals surface area contributed by atoms with Crippen LogP contribution in [0.3, 0.4) is 0 Å². The highest BCUT2D eigenvalue weighted by molar-refractivity contribution is 7.09. The Morgan fingerprint density at radius 3 is 2.94 bits per heavy atom. The van der Waals surface area contributed by atoms with Gasteiger partial charge in [-0.15, -0.1) is 11.3 Å². The lowest BCUT2D eigenvalue weighted by molar-refractivity contribution is 0.0852. The summed E-state index contributed by atoms with van der Waals surface area (Å²) in [4.78, 5) is 4.71. The molecule has 1 saturated heterocycles. The molecule has 1 aromatic rings. The van der Waals surface area contributed by atoms with Gasteiger partial charge >= 0.3 is 0 Å². The molecule has 2 heterocycles. The van der Waals surface area contributed by atoms with Crippen molar-refractivity contribution in [3.8, 4) is 0 Å². The van der Waals surface area contributed by atoms with Gasteiger partial charge in [-0.3, -0.25) is 0 Å². The van der Waals surface area contributed by atoms with Crippen molar-refractivity contribution in [2.75, 3.05) is 13.2 Å². The third kappa shape index (κ3) is 3.27. The van der Waals surface area contributed by atoms with E-state index in [9.17, 15) is 0 Å². The molecule has 90 valence electrons. The lowest BCUT2D eigenvalue weighted by atomic mass is 10.0. The molecule has 1 fully saturated rings. The van der Waals surface area contributed by atoms with Crippen LogP contribution in [0.25, 0.3) is 0 Å². The summed E-state index contributed by atoms with van der Waals surface area (Å²) in [6.07, 6.45) is 2.26. The second-order valence-corrected chi connectivity index (χ2v) is 5.49. The average Bonchev–Trinajstić information content (AvgIpc) is 2.76. The van der Waals surface area contributed by atoms with Gasteiger partial charge in [-0.05, 0) is 12.8 Å². The van der Waals surface area contributed by atoms with E-state index in [-0.39, 0.29) is 0 Å². The molecule has 0 radical (unpaired) electrons. The van der Waals surface area contributed by atoms with Crippen LogP contribution in [0.4, 0.5) is 0 Å². The van der Waals surface area contributed by atoms with Gasteiger partial charge in [-0.1, -0.05) is 13.8 Å². The van der Waals surface area contributed by atoms with E-state index in [2.05, 4.69) is 24.5 Å². The van der Waals surface area contributed by atoms with Gasteiger partial charge < -0.3 is 10.1 Å². The van der Waals surface area contributed by atoms with E-state index in [4.69, 9.17) is 9.72 Å². The molecule has 0 aromatic carbocycles. The molecule has 1 N–H and O–H groups in total. The highest BCUT2D eigenvalue weighted by Gasteiger charge is 2.18. The van der Waals surface area contributed by atoms with Gasteiger partial charge in [0.25, 0.3) is 0 Å². The van der Waals surface area contributed by atoms with E-state index in [1.807, 2.05) is 0 Å².